The Morgan fingerprint density at radius 1 is 1.33 bits per heavy atom. The van der Waals surface area contributed by atoms with Crippen LogP contribution in [-0.2, 0) is 12.0 Å². The molecule has 5 heteroatoms. The highest BCUT2D eigenvalue weighted by Crippen LogP contribution is 2.39. The molecule has 1 aliphatic heterocycles. The van der Waals surface area contributed by atoms with E-state index in [9.17, 15) is 5.11 Å². The molecule has 1 saturated carbocycles. The molecule has 118 valence electrons. The third-order valence-electron chi connectivity index (χ3n) is 4.99. The average molecular weight is 293 g/mol. The van der Waals surface area contributed by atoms with Crippen molar-refractivity contribution < 1.29 is 9.63 Å². The molecule has 1 aromatic rings. The van der Waals surface area contributed by atoms with E-state index in [0.29, 0.717) is 11.8 Å². The summed E-state index contributed by atoms with van der Waals surface area (Å²) in [6.07, 6.45) is 5.42. The van der Waals surface area contributed by atoms with Crippen LogP contribution in [0.3, 0.4) is 0 Å². The summed E-state index contributed by atoms with van der Waals surface area (Å²) in [5, 5.41) is 14.8. The first-order valence-corrected chi connectivity index (χ1v) is 8.15. The van der Waals surface area contributed by atoms with Gasteiger partial charge in [0.2, 0.25) is 5.89 Å². The molecule has 0 amide bonds. The van der Waals surface area contributed by atoms with E-state index in [-0.39, 0.29) is 5.41 Å². The van der Waals surface area contributed by atoms with E-state index in [1.165, 1.54) is 12.8 Å². The number of aromatic nitrogens is 2. The van der Waals surface area contributed by atoms with E-state index in [0.717, 1.165) is 44.7 Å². The second kappa shape index (κ2) is 5.36. The van der Waals surface area contributed by atoms with Crippen molar-refractivity contribution in [1.82, 2.24) is 15.0 Å². The van der Waals surface area contributed by atoms with Gasteiger partial charge in [0.05, 0.1) is 12.1 Å². The molecule has 0 spiro atoms. The van der Waals surface area contributed by atoms with E-state index in [1.54, 1.807) is 0 Å². The predicted molar refractivity (Wildman–Crippen MR) is 79.8 cm³/mol. The third-order valence-corrected chi connectivity index (χ3v) is 4.99. The van der Waals surface area contributed by atoms with Crippen LogP contribution >= 0.6 is 0 Å². The summed E-state index contributed by atoms with van der Waals surface area (Å²) in [4.78, 5) is 6.88. The molecular formula is C16H27N3O2. The topological polar surface area (TPSA) is 62.4 Å². The van der Waals surface area contributed by atoms with Crippen LogP contribution in [0.5, 0.6) is 0 Å². The van der Waals surface area contributed by atoms with Crippen LogP contribution in [0.15, 0.2) is 4.52 Å². The minimum absolute atomic E-state index is 0.100. The fourth-order valence-electron chi connectivity index (χ4n) is 3.61. The molecule has 21 heavy (non-hydrogen) atoms. The zero-order valence-electron chi connectivity index (χ0n) is 13.4. The van der Waals surface area contributed by atoms with E-state index in [1.807, 2.05) is 0 Å². The van der Waals surface area contributed by atoms with Crippen LogP contribution in [0.1, 0.15) is 64.6 Å². The van der Waals surface area contributed by atoms with Gasteiger partial charge in [0.25, 0.3) is 0 Å². The highest BCUT2D eigenvalue weighted by Gasteiger charge is 2.42. The van der Waals surface area contributed by atoms with Crippen molar-refractivity contribution in [1.29, 1.82) is 0 Å². The first kappa shape index (κ1) is 15.0. The van der Waals surface area contributed by atoms with Gasteiger partial charge < -0.3 is 9.63 Å². The van der Waals surface area contributed by atoms with Crippen LogP contribution < -0.4 is 0 Å². The molecule has 1 N–H and O–H groups in total. The van der Waals surface area contributed by atoms with Gasteiger partial charge in [0, 0.05) is 24.4 Å². The summed E-state index contributed by atoms with van der Waals surface area (Å²) in [7, 11) is 0. The zero-order valence-corrected chi connectivity index (χ0v) is 13.4. The summed E-state index contributed by atoms with van der Waals surface area (Å²) in [6.45, 7) is 8.84. The fourth-order valence-corrected chi connectivity index (χ4v) is 3.61. The Morgan fingerprint density at radius 2 is 2.14 bits per heavy atom. The number of piperidine rings is 1. The summed E-state index contributed by atoms with van der Waals surface area (Å²) in [6, 6.07) is 0. The van der Waals surface area contributed by atoms with Gasteiger partial charge >= 0.3 is 0 Å². The van der Waals surface area contributed by atoms with E-state index >= 15 is 0 Å². The summed E-state index contributed by atoms with van der Waals surface area (Å²) in [5.41, 5.74) is -0.515. The molecule has 1 saturated heterocycles. The minimum atomic E-state index is -0.414. The van der Waals surface area contributed by atoms with Gasteiger partial charge in [-0.3, -0.25) is 4.90 Å². The van der Waals surface area contributed by atoms with Gasteiger partial charge in [-0.05, 0) is 19.3 Å². The van der Waals surface area contributed by atoms with Crippen LogP contribution in [-0.4, -0.2) is 38.8 Å². The van der Waals surface area contributed by atoms with Crippen molar-refractivity contribution in [3.05, 3.63) is 11.7 Å². The quantitative estimate of drug-likeness (QED) is 0.907. The molecule has 0 bridgehead atoms. The van der Waals surface area contributed by atoms with Gasteiger partial charge in [-0.15, -0.1) is 0 Å². The van der Waals surface area contributed by atoms with Gasteiger partial charge in [-0.25, -0.2) is 0 Å². The lowest BCUT2D eigenvalue weighted by Gasteiger charge is -2.47. The molecule has 2 heterocycles. The molecule has 2 unspecified atom stereocenters. The Morgan fingerprint density at radius 3 is 2.86 bits per heavy atom. The highest BCUT2D eigenvalue weighted by atomic mass is 16.5. The lowest BCUT2D eigenvalue weighted by Crippen LogP contribution is -2.53. The lowest BCUT2D eigenvalue weighted by atomic mass is 9.71. The molecule has 0 radical (unpaired) electrons. The van der Waals surface area contributed by atoms with Crippen LogP contribution in [0.2, 0.25) is 0 Å². The van der Waals surface area contributed by atoms with Crippen molar-refractivity contribution >= 4 is 0 Å². The van der Waals surface area contributed by atoms with Crippen LogP contribution in [0.4, 0.5) is 0 Å². The Balaban J connectivity index is 1.63. The maximum absolute atomic E-state index is 10.7. The summed E-state index contributed by atoms with van der Waals surface area (Å²) >= 11 is 0. The predicted octanol–water partition coefficient (Wildman–Crippen LogP) is 2.49. The second-order valence-electron chi connectivity index (χ2n) is 7.80. The number of aliphatic hydroxyl groups is 1. The van der Waals surface area contributed by atoms with E-state index < -0.39 is 5.60 Å². The van der Waals surface area contributed by atoms with Crippen molar-refractivity contribution in [3.63, 3.8) is 0 Å². The van der Waals surface area contributed by atoms with Gasteiger partial charge in [0.15, 0.2) is 5.82 Å². The number of hydrogen-bond acceptors (Lipinski definition) is 5. The molecule has 2 atom stereocenters. The lowest BCUT2D eigenvalue weighted by molar-refractivity contribution is -0.0971. The van der Waals surface area contributed by atoms with Gasteiger partial charge in [-0.2, -0.15) is 4.98 Å². The SMILES string of the molecule is CC(C)(C)c1nc(CN2CCC3(O)CCCCC3C2)no1. The second-order valence-corrected chi connectivity index (χ2v) is 7.80. The van der Waals surface area contributed by atoms with Crippen molar-refractivity contribution in [2.45, 2.75) is 70.4 Å². The molecule has 3 rings (SSSR count). The van der Waals surface area contributed by atoms with Crippen LogP contribution in [0, 0.1) is 5.92 Å². The molecule has 1 aliphatic carbocycles. The largest absolute Gasteiger partial charge is 0.390 e. The van der Waals surface area contributed by atoms with Crippen LogP contribution in [0.25, 0.3) is 0 Å². The maximum atomic E-state index is 10.7. The number of hydrogen-bond donors (Lipinski definition) is 1. The highest BCUT2D eigenvalue weighted by molar-refractivity contribution is 5.00. The Hall–Kier alpha value is -0.940. The normalized spacial score (nSPS) is 31.1. The molecule has 2 aliphatic rings. The van der Waals surface area contributed by atoms with Crippen molar-refractivity contribution in [3.8, 4) is 0 Å². The third kappa shape index (κ3) is 3.14. The van der Waals surface area contributed by atoms with Crippen molar-refractivity contribution in [2.75, 3.05) is 13.1 Å². The summed E-state index contributed by atoms with van der Waals surface area (Å²) < 4.78 is 5.36. The van der Waals surface area contributed by atoms with Gasteiger partial charge in [-0.1, -0.05) is 38.8 Å². The molecule has 5 nitrogen and oxygen atoms in total. The van der Waals surface area contributed by atoms with Gasteiger partial charge in [0.1, 0.15) is 0 Å². The number of likely N-dealkylation sites (tertiary alicyclic amines) is 1. The Bertz CT molecular complexity index is 494. The maximum Gasteiger partial charge on any atom is 0.232 e. The Kier molecular flexibility index (Phi) is 3.82. The molecule has 2 fully saturated rings. The first-order valence-electron chi connectivity index (χ1n) is 8.15. The van der Waals surface area contributed by atoms with E-state index in [4.69, 9.17) is 4.52 Å². The average Bonchev–Trinajstić information content (AvgIpc) is 2.87. The van der Waals surface area contributed by atoms with Crippen molar-refractivity contribution in [2.24, 2.45) is 5.92 Å². The van der Waals surface area contributed by atoms with E-state index in [2.05, 4.69) is 35.8 Å². The number of nitrogens with zero attached hydrogens (tertiary/aromatic N) is 3. The smallest absolute Gasteiger partial charge is 0.232 e. The Labute approximate surface area is 126 Å². The standard InChI is InChI=1S/C16H27N3O2/c1-15(2,3)14-17-13(18-21-14)11-19-9-8-16(20)7-5-4-6-12(16)10-19/h12,20H,4-11H2,1-3H3. The monoisotopic (exact) mass is 293 g/mol. The molecule has 1 aromatic heterocycles. The first-order chi connectivity index (χ1) is 9.87. The molecular weight excluding hydrogens is 266 g/mol. The minimum Gasteiger partial charge on any atom is -0.390 e. The summed E-state index contributed by atoms with van der Waals surface area (Å²) in [5.74, 6) is 1.87. The number of rotatable bonds is 2. The fraction of sp³-hybridized carbons (Fsp3) is 0.875. The number of fused-ring (bicyclic) bond motifs is 1. The zero-order chi connectivity index (χ0) is 15.1. The molecule has 0 aromatic carbocycles.